The molecule has 1 aromatic rings. The van der Waals surface area contributed by atoms with Gasteiger partial charge in [-0.2, -0.15) is 5.10 Å². The molecule has 114 valence electrons. The van der Waals surface area contributed by atoms with E-state index in [9.17, 15) is 4.79 Å². The number of likely N-dealkylation sites (tertiary alicyclic amines) is 1. The van der Waals surface area contributed by atoms with Gasteiger partial charge in [-0.3, -0.25) is 9.48 Å². The first-order valence-electron chi connectivity index (χ1n) is 6.91. The van der Waals surface area contributed by atoms with Crippen LogP contribution >= 0.6 is 0 Å². The Hall–Kier alpha value is -1.56. The second kappa shape index (κ2) is 7.28. The van der Waals surface area contributed by atoms with Crippen LogP contribution < -0.4 is 5.73 Å². The number of piperidine rings is 1. The lowest BCUT2D eigenvalue weighted by Gasteiger charge is -2.28. The van der Waals surface area contributed by atoms with Crippen molar-refractivity contribution in [2.75, 3.05) is 25.9 Å². The number of nitrogen functional groups attached to an aromatic ring is 1. The van der Waals surface area contributed by atoms with E-state index >= 15 is 0 Å². The SMILES string of the molecule is CC(C)(C)OC=O.CN1CCC(n2cc(N)cn2)CC1. The minimum absolute atomic E-state index is 0.318. The predicted octanol–water partition coefficient (Wildman–Crippen LogP) is 1.69. The van der Waals surface area contributed by atoms with Gasteiger partial charge >= 0.3 is 0 Å². The van der Waals surface area contributed by atoms with Crippen LogP contribution in [-0.4, -0.2) is 46.9 Å². The van der Waals surface area contributed by atoms with Crippen molar-refractivity contribution in [3.8, 4) is 0 Å². The number of hydrogen-bond donors (Lipinski definition) is 1. The molecule has 0 bridgehead atoms. The highest BCUT2D eigenvalue weighted by Gasteiger charge is 2.18. The van der Waals surface area contributed by atoms with Crippen LogP contribution in [0.2, 0.25) is 0 Å². The lowest BCUT2D eigenvalue weighted by Crippen LogP contribution is -2.31. The van der Waals surface area contributed by atoms with E-state index in [1.54, 1.807) is 6.20 Å². The number of hydrogen-bond acceptors (Lipinski definition) is 5. The van der Waals surface area contributed by atoms with Gasteiger partial charge in [-0.15, -0.1) is 0 Å². The summed E-state index contributed by atoms with van der Waals surface area (Å²) in [6.07, 6.45) is 6.00. The molecule has 0 amide bonds. The Morgan fingerprint density at radius 1 is 1.40 bits per heavy atom. The van der Waals surface area contributed by atoms with Gasteiger partial charge in [0, 0.05) is 6.20 Å². The molecule has 0 unspecified atom stereocenters. The average molecular weight is 282 g/mol. The summed E-state index contributed by atoms with van der Waals surface area (Å²) in [6.45, 7) is 8.24. The van der Waals surface area contributed by atoms with E-state index in [1.807, 2.05) is 31.6 Å². The summed E-state index contributed by atoms with van der Waals surface area (Å²) in [5, 5.41) is 4.24. The van der Waals surface area contributed by atoms with Crippen LogP contribution in [0.25, 0.3) is 0 Å². The molecule has 0 radical (unpaired) electrons. The monoisotopic (exact) mass is 282 g/mol. The minimum Gasteiger partial charge on any atom is -0.462 e. The molecule has 1 saturated heterocycles. The zero-order valence-corrected chi connectivity index (χ0v) is 12.9. The Labute approximate surface area is 120 Å². The van der Waals surface area contributed by atoms with E-state index in [2.05, 4.69) is 21.8 Å². The second-order valence-electron chi connectivity index (χ2n) is 6.11. The molecule has 0 aliphatic carbocycles. The largest absolute Gasteiger partial charge is 0.462 e. The van der Waals surface area contributed by atoms with Crippen LogP contribution in [0.5, 0.6) is 0 Å². The summed E-state index contributed by atoms with van der Waals surface area (Å²) in [5.41, 5.74) is 6.06. The Balaban J connectivity index is 0.000000246. The standard InChI is InChI=1S/C9H16N4.C5H10O2/c1-12-4-2-9(3-5-12)13-7-8(10)6-11-13;1-5(2,3)7-4-6/h6-7,9H,2-5,10H2,1H3;4H,1-3H3. The summed E-state index contributed by atoms with van der Waals surface area (Å²) in [6, 6.07) is 0.550. The third kappa shape index (κ3) is 6.06. The molecular formula is C14H26N4O2. The molecule has 0 saturated carbocycles. The van der Waals surface area contributed by atoms with Crippen LogP contribution in [0.1, 0.15) is 39.7 Å². The fourth-order valence-corrected chi connectivity index (χ4v) is 1.96. The van der Waals surface area contributed by atoms with Crippen LogP contribution in [0, 0.1) is 0 Å². The van der Waals surface area contributed by atoms with E-state index in [1.165, 1.54) is 12.8 Å². The van der Waals surface area contributed by atoms with Crippen molar-refractivity contribution in [2.24, 2.45) is 0 Å². The number of rotatable bonds is 2. The summed E-state index contributed by atoms with van der Waals surface area (Å²) in [5.74, 6) is 0. The number of nitrogens with zero attached hydrogens (tertiary/aromatic N) is 3. The average Bonchev–Trinajstić information content (AvgIpc) is 2.76. The smallest absolute Gasteiger partial charge is 0.293 e. The van der Waals surface area contributed by atoms with Crippen LogP contribution in [0.15, 0.2) is 12.4 Å². The minimum atomic E-state index is -0.318. The van der Waals surface area contributed by atoms with Crippen LogP contribution in [0.4, 0.5) is 5.69 Å². The van der Waals surface area contributed by atoms with Gasteiger partial charge in [0.25, 0.3) is 6.47 Å². The van der Waals surface area contributed by atoms with Gasteiger partial charge in [0.15, 0.2) is 0 Å². The highest BCUT2D eigenvalue weighted by molar-refractivity contribution is 5.37. The van der Waals surface area contributed by atoms with E-state index < -0.39 is 0 Å². The van der Waals surface area contributed by atoms with Crippen molar-refractivity contribution < 1.29 is 9.53 Å². The van der Waals surface area contributed by atoms with Gasteiger partial charge in [0.2, 0.25) is 0 Å². The van der Waals surface area contributed by atoms with Crippen LogP contribution in [-0.2, 0) is 9.53 Å². The van der Waals surface area contributed by atoms with Crippen molar-refractivity contribution in [1.29, 1.82) is 0 Å². The molecule has 0 aromatic carbocycles. The number of carbonyl (C=O) groups is 1. The molecule has 20 heavy (non-hydrogen) atoms. The molecule has 2 heterocycles. The quantitative estimate of drug-likeness (QED) is 0.836. The van der Waals surface area contributed by atoms with Gasteiger partial charge < -0.3 is 15.4 Å². The zero-order chi connectivity index (χ0) is 15.2. The number of nitrogens with two attached hydrogens (primary N) is 1. The maximum absolute atomic E-state index is 9.60. The molecule has 2 N–H and O–H groups in total. The molecule has 0 spiro atoms. The third-order valence-electron chi connectivity index (χ3n) is 3.09. The fourth-order valence-electron chi connectivity index (χ4n) is 1.96. The van der Waals surface area contributed by atoms with Gasteiger partial charge in [-0.1, -0.05) is 0 Å². The van der Waals surface area contributed by atoms with Crippen molar-refractivity contribution in [3.63, 3.8) is 0 Å². The van der Waals surface area contributed by atoms with E-state index in [4.69, 9.17) is 5.73 Å². The van der Waals surface area contributed by atoms with Crippen molar-refractivity contribution in [3.05, 3.63) is 12.4 Å². The lowest BCUT2D eigenvalue weighted by atomic mass is 10.1. The summed E-state index contributed by atoms with van der Waals surface area (Å²) >= 11 is 0. The highest BCUT2D eigenvalue weighted by atomic mass is 16.5. The van der Waals surface area contributed by atoms with Gasteiger partial charge in [-0.25, -0.2) is 0 Å². The molecule has 1 fully saturated rings. The number of anilines is 1. The van der Waals surface area contributed by atoms with Crippen molar-refractivity contribution in [2.45, 2.75) is 45.3 Å². The van der Waals surface area contributed by atoms with Crippen molar-refractivity contribution >= 4 is 12.2 Å². The first-order valence-corrected chi connectivity index (χ1v) is 6.91. The number of aromatic nitrogens is 2. The lowest BCUT2D eigenvalue weighted by molar-refractivity contribution is -0.138. The van der Waals surface area contributed by atoms with Crippen molar-refractivity contribution in [1.82, 2.24) is 14.7 Å². The highest BCUT2D eigenvalue weighted by Crippen LogP contribution is 2.21. The summed E-state index contributed by atoms with van der Waals surface area (Å²) in [7, 11) is 2.16. The second-order valence-corrected chi connectivity index (χ2v) is 6.11. The maximum atomic E-state index is 9.60. The Kier molecular flexibility index (Phi) is 6.01. The predicted molar refractivity (Wildman–Crippen MR) is 79.3 cm³/mol. The summed E-state index contributed by atoms with van der Waals surface area (Å²) < 4.78 is 6.55. The molecular weight excluding hydrogens is 256 g/mol. The molecule has 6 nitrogen and oxygen atoms in total. The topological polar surface area (TPSA) is 73.4 Å². The van der Waals surface area contributed by atoms with Gasteiger partial charge in [0.05, 0.1) is 17.9 Å². The molecule has 2 rings (SSSR count). The molecule has 1 aliphatic heterocycles. The first kappa shape index (κ1) is 16.5. The first-order chi connectivity index (χ1) is 9.31. The molecule has 6 heteroatoms. The van der Waals surface area contributed by atoms with Gasteiger partial charge in [-0.05, 0) is 53.8 Å². The fraction of sp³-hybridized carbons (Fsp3) is 0.714. The Bertz CT molecular complexity index is 404. The third-order valence-corrected chi connectivity index (χ3v) is 3.09. The number of ether oxygens (including phenoxy) is 1. The van der Waals surface area contributed by atoms with Gasteiger partial charge in [0.1, 0.15) is 5.60 Å². The van der Waals surface area contributed by atoms with Crippen LogP contribution in [0.3, 0.4) is 0 Å². The molecule has 1 aromatic heterocycles. The normalized spacial score (nSPS) is 17.2. The Morgan fingerprint density at radius 2 is 2.00 bits per heavy atom. The molecule has 1 aliphatic rings. The van der Waals surface area contributed by atoms with E-state index in [0.717, 1.165) is 18.8 Å². The number of carbonyl (C=O) groups excluding carboxylic acids is 1. The zero-order valence-electron chi connectivity index (χ0n) is 12.9. The Morgan fingerprint density at radius 3 is 2.35 bits per heavy atom. The molecule has 0 atom stereocenters. The summed E-state index contributed by atoms with van der Waals surface area (Å²) in [4.78, 5) is 11.9. The van der Waals surface area contributed by atoms with E-state index in [-0.39, 0.29) is 5.60 Å². The maximum Gasteiger partial charge on any atom is 0.293 e. The van der Waals surface area contributed by atoms with E-state index in [0.29, 0.717) is 12.5 Å².